The first-order valence-corrected chi connectivity index (χ1v) is 11.0. The van der Waals surface area contributed by atoms with E-state index in [-0.39, 0.29) is 11.8 Å². The van der Waals surface area contributed by atoms with Crippen LogP contribution in [0.2, 0.25) is 0 Å². The van der Waals surface area contributed by atoms with Crippen LogP contribution in [0.5, 0.6) is 5.75 Å². The molecule has 6 rings (SSSR count). The van der Waals surface area contributed by atoms with E-state index in [2.05, 4.69) is 25.4 Å². The summed E-state index contributed by atoms with van der Waals surface area (Å²) in [7, 11) is 1.85. The lowest BCUT2D eigenvalue weighted by Crippen LogP contribution is -2.41. The molecule has 0 unspecified atom stereocenters. The van der Waals surface area contributed by atoms with Gasteiger partial charge in [-0.1, -0.05) is 0 Å². The number of hydrogen-bond donors (Lipinski definition) is 2. The third kappa shape index (κ3) is 3.50. The normalized spacial score (nSPS) is 17.6. The number of aliphatic hydroxyl groups excluding tert-OH is 1. The maximum atomic E-state index is 15.2. The summed E-state index contributed by atoms with van der Waals surface area (Å²) in [4.78, 5) is 13.1. The number of ether oxygens (including phenoxy) is 1. The molecule has 2 atom stereocenters. The molecular weight excluding hydrogens is 435 g/mol. The van der Waals surface area contributed by atoms with Crippen LogP contribution in [0.25, 0.3) is 32.9 Å². The van der Waals surface area contributed by atoms with Gasteiger partial charge < -0.3 is 15.2 Å². The number of fused-ring (bicyclic) bond motifs is 2. The van der Waals surface area contributed by atoms with Crippen LogP contribution in [0.15, 0.2) is 61.3 Å². The number of pyridine rings is 1. The number of nitrogens with one attached hydrogen (secondary N) is 1. The lowest BCUT2D eigenvalue weighted by molar-refractivity contribution is -0.0354. The Kier molecular flexibility index (Phi) is 4.84. The van der Waals surface area contributed by atoms with Gasteiger partial charge in [0.15, 0.2) is 5.82 Å². The molecule has 3 heterocycles. The highest BCUT2D eigenvalue weighted by atomic mass is 19.1. The van der Waals surface area contributed by atoms with Gasteiger partial charge in [0, 0.05) is 30.4 Å². The Balaban J connectivity index is 1.49. The summed E-state index contributed by atoms with van der Waals surface area (Å²) in [6.45, 7) is 0. The topological polar surface area (TPSA) is 98.0 Å². The van der Waals surface area contributed by atoms with Crippen molar-refractivity contribution in [3.63, 3.8) is 0 Å². The molecule has 1 saturated carbocycles. The first-order chi connectivity index (χ1) is 16.6. The predicted octanol–water partition coefficient (Wildman–Crippen LogP) is 4.36. The minimum atomic E-state index is -0.524. The van der Waals surface area contributed by atoms with Gasteiger partial charge >= 0.3 is 0 Å². The maximum absolute atomic E-state index is 15.2. The molecule has 0 saturated heterocycles. The third-order valence-corrected chi connectivity index (χ3v) is 6.17. The highest BCUT2D eigenvalue weighted by Gasteiger charge is 2.32. The van der Waals surface area contributed by atoms with Crippen molar-refractivity contribution < 1.29 is 14.2 Å². The summed E-state index contributed by atoms with van der Waals surface area (Å²) in [5.41, 5.74) is 3.25. The Morgan fingerprint density at radius 1 is 1.09 bits per heavy atom. The summed E-state index contributed by atoms with van der Waals surface area (Å²) in [5, 5.41) is 18.5. The van der Waals surface area contributed by atoms with E-state index < -0.39 is 11.9 Å². The smallest absolute Gasteiger partial charge is 0.156 e. The van der Waals surface area contributed by atoms with Gasteiger partial charge in [-0.25, -0.2) is 14.4 Å². The molecule has 34 heavy (non-hydrogen) atoms. The zero-order valence-corrected chi connectivity index (χ0v) is 18.3. The summed E-state index contributed by atoms with van der Waals surface area (Å²) >= 11 is 0. The summed E-state index contributed by atoms with van der Waals surface area (Å²) in [6.07, 6.45) is 7.34. The van der Waals surface area contributed by atoms with Crippen LogP contribution < -0.4 is 10.1 Å². The number of nitrogens with zero attached hydrogens (tertiary/aromatic N) is 5. The molecule has 1 aliphatic rings. The lowest BCUT2D eigenvalue weighted by atomic mass is 9.92. The number of rotatable bonds is 5. The minimum absolute atomic E-state index is 0.270. The monoisotopic (exact) mass is 456 g/mol. The Hall–Kier alpha value is -4.11. The van der Waals surface area contributed by atoms with Gasteiger partial charge in [0.05, 0.1) is 34.4 Å². The number of benzene rings is 2. The fraction of sp³-hybridized carbons (Fsp3) is 0.200. The molecule has 0 spiro atoms. The number of aryl methyl sites for hydroxylation is 1. The van der Waals surface area contributed by atoms with E-state index in [9.17, 15) is 5.11 Å². The van der Waals surface area contributed by atoms with Crippen LogP contribution in [0, 0.1) is 5.82 Å². The summed E-state index contributed by atoms with van der Waals surface area (Å²) in [5.74, 6) is 0.515. The van der Waals surface area contributed by atoms with E-state index >= 15 is 4.39 Å². The first kappa shape index (κ1) is 20.5. The molecule has 170 valence electrons. The highest BCUT2D eigenvalue weighted by Crippen LogP contribution is 2.39. The van der Waals surface area contributed by atoms with E-state index in [0.717, 1.165) is 17.5 Å². The van der Waals surface area contributed by atoms with Crippen LogP contribution in [0.3, 0.4) is 0 Å². The zero-order valence-electron chi connectivity index (χ0n) is 18.3. The molecule has 3 aromatic heterocycles. The van der Waals surface area contributed by atoms with Gasteiger partial charge in [-0.15, -0.1) is 0 Å². The molecule has 9 heteroatoms. The van der Waals surface area contributed by atoms with Crippen LogP contribution in [0.1, 0.15) is 12.8 Å². The fourth-order valence-corrected chi connectivity index (χ4v) is 4.17. The first-order valence-electron chi connectivity index (χ1n) is 11.0. The molecule has 0 aliphatic heterocycles. The number of halogens is 1. The van der Waals surface area contributed by atoms with E-state index in [1.54, 1.807) is 41.3 Å². The molecule has 0 amide bonds. The molecule has 2 N–H and O–H groups in total. The van der Waals surface area contributed by atoms with E-state index in [4.69, 9.17) is 4.74 Å². The van der Waals surface area contributed by atoms with Crippen molar-refractivity contribution in [1.82, 2.24) is 24.7 Å². The second-order valence-electron chi connectivity index (χ2n) is 8.42. The average Bonchev–Trinajstić information content (AvgIpc) is 3.29. The molecule has 5 aromatic rings. The van der Waals surface area contributed by atoms with Gasteiger partial charge in [-0.3, -0.25) is 9.67 Å². The number of anilines is 2. The number of aliphatic hydroxyl groups is 1. The van der Waals surface area contributed by atoms with Crippen LogP contribution in [0.4, 0.5) is 15.9 Å². The standard InChI is InChI=1S/C25H21FN6O2/c1-32-12-15(11-30-32)14-9-19-23(22(10-14)34-21-7-6-20(21)33)25(29-13-28-19)31-18-5-4-17-16(24(18)26)3-2-8-27-17/h2-5,8-13,20-21,33H,6-7H2,1H3,(H,28,29,31)/t20-,21+/m1/s1. The van der Waals surface area contributed by atoms with Gasteiger partial charge in [-0.05, 0) is 54.8 Å². The Bertz CT molecular complexity index is 1540. The summed E-state index contributed by atoms with van der Waals surface area (Å²) < 4.78 is 23.2. The van der Waals surface area contributed by atoms with Gasteiger partial charge in [0.1, 0.15) is 24.0 Å². The molecule has 8 nitrogen and oxygen atoms in total. The van der Waals surface area contributed by atoms with Crippen LogP contribution in [-0.2, 0) is 7.05 Å². The number of aromatic nitrogens is 5. The van der Waals surface area contributed by atoms with Crippen molar-refractivity contribution in [3.8, 4) is 16.9 Å². The van der Waals surface area contributed by atoms with Crippen molar-refractivity contribution in [2.75, 3.05) is 5.32 Å². The predicted molar refractivity (Wildman–Crippen MR) is 126 cm³/mol. The van der Waals surface area contributed by atoms with E-state index in [1.165, 1.54) is 6.33 Å². The molecule has 2 aromatic carbocycles. The van der Waals surface area contributed by atoms with Crippen molar-refractivity contribution in [2.45, 2.75) is 25.0 Å². The van der Waals surface area contributed by atoms with Crippen molar-refractivity contribution >= 4 is 33.3 Å². The van der Waals surface area contributed by atoms with E-state index in [0.29, 0.717) is 39.8 Å². The second-order valence-corrected chi connectivity index (χ2v) is 8.42. The SMILES string of the molecule is Cn1cc(-c2cc(O[C@H]3CC[C@H]3O)c3c(Nc4ccc5ncccc5c4F)ncnc3c2)cn1. The van der Waals surface area contributed by atoms with Crippen LogP contribution in [-0.4, -0.2) is 42.0 Å². The van der Waals surface area contributed by atoms with Crippen molar-refractivity contribution in [3.05, 3.63) is 67.1 Å². The molecule has 0 bridgehead atoms. The van der Waals surface area contributed by atoms with Crippen LogP contribution >= 0.6 is 0 Å². The fourth-order valence-electron chi connectivity index (χ4n) is 4.17. The number of hydrogen-bond acceptors (Lipinski definition) is 7. The van der Waals surface area contributed by atoms with E-state index in [1.807, 2.05) is 25.4 Å². The van der Waals surface area contributed by atoms with Crippen molar-refractivity contribution in [1.29, 1.82) is 0 Å². The molecule has 1 fully saturated rings. The quantitative estimate of drug-likeness (QED) is 0.405. The molecular formula is C25H21FN6O2. The second kappa shape index (κ2) is 8.03. The largest absolute Gasteiger partial charge is 0.487 e. The lowest BCUT2D eigenvalue weighted by Gasteiger charge is -2.33. The Morgan fingerprint density at radius 2 is 2.00 bits per heavy atom. The van der Waals surface area contributed by atoms with Gasteiger partial charge in [-0.2, -0.15) is 5.10 Å². The van der Waals surface area contributed by atoms with Crippen molar-refractivity contribution in [2.24, 2.45) is 7.05 Å². The molecule has 1 aliphatic carbocycles. The third-order valence-electron chi connectivity index (χ3n) is 6.17. The minimum Gasteiger partial charge on any atom is -0.487 e. The van der Waals surface area contributed by atoms with Gasteiger partial charge in [0.2, 0.25) is 0 Å². The molecule has 0 radical (unpaired) electrons. The maximum Gasteiger partial charge on any atom is 0.156 e. The Labute approximate surface area is 194 Å². The summed E-state index contributed by atoms with van der Waals surface area (Å²) in [6, 6.07) is 10.6. The highest BCUT2D eigenvalue weighted by molar-refractivity contribution is 5.99. The Morgan fingerprint density at radius 3 is 2.76 bits per heavy atom. The van der Waals surface area contributed by atoms with Gasteiger partial charge in [0.25, 0.3) is 0 Å². The average molecular weight is 456 g/mol. The zero-order chi connectivity index (χ0) is 23.2.